The van der Waals surface area contributed by atoms with Crippen molar-refractivity contribution in [1.82, 2.24) is 15.0 Å². The van der Waals surface area contributed by atoms with E-state index in [0.717, 1.165) is 11.4 Å². The van der Waals surface area contributed by atoms with Gasteiger partial charge in [0, 0.05) is 18.0 Å². The Bertz CT molecular complexity index is 525. The zero-order chi connectivity index (χ0) is 13.0. The zero-order valence-electron chi connectivity index (χ0n) is 9.50. The molecule has 0 spiro atoms. The highest BCUT2D eigenvalue weighted by atomic mass is 32.2. The van der Waals surface area contributed by atoms with Crippen molar-refractivity contribution in [2.45, 2.75) is 10.9 Å². The van der Waals surface area contributed by atoms with E-state index in [-0.39, 0.29) is 0 Å². The summed E-state index contributed by atoms with van der Waals surface area (Å²) in [5.74, 6) is 6.65. The quantitative estimate of drug-likeness (QED) is 0.273. The molecule has 0 bridgehead atoms. The summed E-state index contributed by atoms with van der Waals surface area (Å²) in [6.45, 7) is 0. The van der Waals surface area contributed by atoms with E-state index in [1.807, 2.05) is 6.07 Å². The predicted molar refractivity (Wildman–Crippen MR) is 72.5 cm³/mol. The van der Waals surface area contributed by atoms with Gasteiger partial charge < -0.3 is 16.9 Å². The van der Waals surface area contributed by atoms with Gasteiger partial charge in [-0.2, -0.15) is 0 Å². The Morgan fingerprint density at radius 2 is 1.89 bits per heavy atom. The van der Waals surface area contributed by atoms with Gasteiger partial charge in [-0.15, -0.1) is 0 Å². The van der Waals surface area contributed by atoms with Crippen LogP contribution in [-0.2, 0) is 5.75 Å². The lowest BCUT2D eigenvalue weighted by molar-refractivity contribution is 0.982. The van der Waals surface area contributed by atoms with Crippen LogP contribution in [-0.4, -0.2) is 15.0 Å². The van der Waals surface area contributed by atoms with Crippen LogP contribution in [0.1, 0.15) is 5.69 Å². The number of nitrogens with zero attached hydrogens (tertiary/aromatic N) is 3. The minimum atomic E-state index is 0.357. The lowest BCUT2D eigenvalue weighted by Gasteiger charge is -2.04. The maximum atomic E-state index is 5.59. The summed E-state index contributed by atoms with van der Waals surface area (Å²) in [6.07, 6.45) is 1.68. The molecule has 0 radical (unpaired) electrons. The van der Waals surface area contributed by atoms with Crippen molar-refractivity contribution in [3.8, 4) is 0 Å². The van der Waals surface area contributed by atoms with Crippen molar-refractivity contribution in [2.24, 2.45) is 5.84 Å². The van der Waals surface area contributed by atoms with E-state index in [4.69, 9.17) is 17.3 Å². The molecule has 7 nitrogen and oxygen atoms in total. The number of aromatic nitrogens is 3. The maximum Gasteiger partial charge on any atom is 0.191 e. The van der Waals surface area contributed by atoms with Gasteiger partial charge in [0.25, 0.3) is 0 Å². The first-order valence-corrected chi connectivity index (χ1v) is 6.10. The van der Waals surface area contributed by atoms with Gasteiger partial charge in [0.2, 0.25) is 0 Å². The SMILES string of the molecule is NNc1ccnc(CSc2nc(N)cc(N)n2)c1. The molecule has 0 atom stereocenters. The summed E-state index contributed by atoms with van der Waals surface area (Å²) in [4.78, 5) is 12.4. The Morgan fingerprint density at radius 3 is 2.56 bits per heavy atom. The summed E-state index contributed by atoms with van der Waals surface area (Å²) in [6, 6.07) is 5.15. The Labute approximate surface area is 108 Å². The van der Waals surface area contributed by atoms with Crippen LogP contribution in [0, 0.1) is 0 Å². The fourth-order valence-electron chi connectivity index (χ4n) is 1.31. The maximum absolute atomic E-state index is 5.59. The van der Waals surface area contributed by atoms with Crippen LogP contribution in [0.15, 0.2) is 29.6 Å². The molecule has 94 valence electrons. The van der Waals surface area contributed by atoms with Crippen molar-refractivity contribution >= 4 is 29.1 Å². The fourth-order valence-corrected chi connectivity index (χ4v) is 2.09. The molecular formula is C10H13N7S. The molecule has 8 heteroatoms. The minimum Gasteiger partial charge on any atom is -0.383 e. The summed E-state index contributed by atoms with van der Waals surface area (Å²) < 4.78 is 0. The number of hydrogen-bond donors (Lipinski definition) is 4. The van der Waals surface area contributed by atoms with Gasteiger partial charge in [-0.3, -0.25) is 10.8 Å². The van der Waals surface area contributed by atoms with Crippen LogP contribution < -0.4 is 22.7 Å². The van der Waals surface area contributed by atoms with Gasteiger partial charge in [-0.05, 0) is 12.1 Å². The van der Waals surface area contributed by atoms with Crippen molar-refractivity contribution in [3.63, 3.8) is 0 Å². The molecular weight excluding hydrogens is 250 g/mol. The monoisotopic (exact) mass is 263 g/mol. The molecule has 0 aromatic carbocycles. The highest BCUT2D eigenvalue weighted by Crippen LogP contribution is 2.21. The zero-order valence-corrected chi connectivity index (χ0v) is 10.3. The van der Waals surface area contributed by atoms with Gasteiger partial charge in [0.05, 0.1) is 11.4 Å². The molecule has 18 heavy (non-hydrogen) atoms. The van der Waals surface area contributed by atoms with Crippen LogP contribution >= 0.6 is 11.8 Å². The van der Waals surface area contributed by atoms with E-state index >= 15 is 0 Å². The average Bonchev–Trinajstić information content (AvgIpc) is 2.35. The highest BCUT2D eigenvalue weighted by Gasteiger charge is 2.03. The molecule has 0 saturated heterocycles. The largest absolute Gasteiger partial charge is 0.383 e. The van der Waals surface area contributed by atoms with Crippen molar-refractivity contribution < 1.29 is 0 Å². The normalized spacial score (nSPS) is 10.3. The topological polar surface area (TPSA) is 129 Å². The molecule has 2 heterocycles. The summed E-state index contributed by atoms with van der Waals surface area (Å²) >= 11 is 1.41. The number of pyridine rings is 1. The molecule has 0 saturated carbocycles. The van der Waals surface area contributed by atoms with E-state index in [0.29, 0.717) is 22.5 Å². The van der Waals surface area contributed by atoms with Gasteiger partial charge in [-0.1, -0.05) is 11.8 Å². The second-order valence-corrected chi connectivity index (χ2v) is 4.41. The van der Waals surface area contributed by atoms with Crippen molar-refractivity contribution in [1.29, 1.82) is 0 Å². The molecule has 0 aliphatic heterocycles. The fraction of sp³-hybridized carbons (Fsp3) is 0.100. The molecule has 0 fully saturated rings. The van der Waals surface area contributed by atoms with Crippen molar-refractivity contribution in [3.05, 3.63) is 30.1 Å². The molecule has 0 aliphatic carbocycles. The van der Waals surface area contributed by atoms with E-state index in [1.54, 1.807) is 12.3 Å². The minimum absolute atomic E-state index is 0.357. The third-order valence-electron chi connectivity index (χ3n) is 2.08. The lowest BCUT2D eigenvalue weighted by atomic mass is 10.3. The van der Waals surface area contributed by atoms with Gasteiger partial charge >= 0.3 is 0 Å². The van der Waals surface area contributed by atoms with Crippen LogP contribution in [0.3, 0.4) is 0 Å². The number of nitrogen functional groups attached to an aromatic ring is 3. The summed E-state index contributed by atoms with van der Waals surface area (Å²) in [5, 5.41) is 0.528. The number of thioether (sulfide) groups is 1. The molecule has 2 aromatic rings. The predicted octanol–water partition coefficient (Wildman–Crippen LogP) is 0.614. The average molecular weight is 263 g/mol. The van der Waals surface area contributed by atoms with Gasteiger partial charge in [0.1, 0.15) is 11.6 Å². The van der Waals surface area contributed by atoms with Crippen LogP contribution in [0.5, 0.6) is 0 Å². The number of hydrazine groups is 1. The lowest BCUT2D eigenvalue weighted by Crippen LogP contribution is -2.07. The highest BCUT2D eigenvalue weighted by molar-refractivity contribution is 7.98. The van der Waals surface area contributed by atoms with Gasteiger partial charge in [0.15, 0.2) is 5.16 Å². The Morgan fingerprint density at radius 1 is 1.17 bits per heavy atom. The molecule has 0 aliphatic rings. The number of anilines is 3. The van der Waals surface area contributed by atoms with Gasteiger partial charge in [-0.25, -0.2) is 9.97 Å². The first-order valence-electron chi connectivity index (χ1n) is 5.12. The molecule has 2 aromatic heterocycles. The smallest absolute Gasteiger partial charge is 0.191 e. The molecule has 0 unspecified atom stereocenters. The number of nitrogens with one attached hydrogen (secondary N) is 1. The number of hydrogen-bond acceptors (Lipinski definition) is 8. The van der Waals surface area contributed by atoms with Crippen LogP contribution in [0.4, 0.5) is 17.3 Å². The molecule has 2 rings (SSSR count). The Hall–Kier alpha value is -2.06. The molecule has 7 N–H and O–H groups in total. The Kier molecular flexibility index (Phi) is 3.80. The standard InChI is InChI=1S/C10H13N7S/c11-8-4-9(12)16-10(15-8)18-5-7-3-6(17-13)1-2-14-7/h1-4H,5,13H2,(H,14,17)(H4,11,12,15,16). The first kappa shape index (κ1) is 12.4. The van der Waals surface area contributed by atoms with Crippen LogP contribution in [0.25, 0.3) is 0 Å². The first-order chi connectivity index (χ1) is 8.67. The van der Waals surface area contributed by atoms with E-state index in [1.165, 1.54) is 17.8 Å². The summed E-state index contributed by atoms with van der Waals surface area (Å²) in [5.41, 5.74) is 15.4. The second-order valence-electron chi connectivity index (χ2n) is 3.47. The van der Waals surface area contributed by atoms with E-state index in [2.05, 4.69) is 20.4 Å². The number of rotatable bonds is 4. The Balaban J connectivity index is 2.06. The third kappa shape index (κ3) is 3.22. The molecule has 0 amide bonds. The van der Waals surface area contributed by atoms with E-state index < -0.39 is 0 Å². The third-order valence-corrected chi connectivity index (χ3v) is 2.96. The van der Waals surface area contributed by atoms with Crippen LogP contribution in [0.2, 0.25) is 0 Å². The summed E-state index contributed by atoms with van der Waals surface area (Å²) in [7, 11) is 0. The second kappa shape index (κ2) is 5.52. The van der Waals surface area contributed by atoms with Crippen molar-refractivity contribution in [2.75, 3.05) is 16.9 Å². The van der Waals surface area contributed by atoms with E-state index in [9.17, 15) is 0 Å². The number of nitrogens with two attached hydrogens (primary N) is 3.